The van der Waals surface area contributed by atoms with Crippen LogP contribution in [0.3, 0.4) is 0 Å². The number of thiophene rings is 2. The van der Waals surface area contributed by atoms with Gasteiger partial charge in [-0.1, -0.05) is 12.1 Å². The molecule has 0 spiro atoms. The number of nitriles is 1. The number of nitrogens with two attached hydrogens (primary N) is 1. The lowest BCUT2D eigenvalue weighted by molar-refractivity contribution is 0.630. The zero-order chi connectivity index (χ0) is 14.1. The SMILES string of the molecule is N#C/C(=C(/N)c1cc2ccc(F)cc2s1)c1cccs1. The van der Waals surface area contributed by atoms with E-state index < -0.39 is 0 Å². The summed E-state index contributed by atoms with van der Waals surface area (Å²) in [6, 6.07) is 12.4. The Morgan fingerprint density at radius 2 is 2.05 bits per heavy atom. The maximum Gasteiger partial charge on any atom is 0.124 e. The Kier molecular flexibility index (Phi) is 3.26. The fourth-order valence-corrected chi connectivity index (χ4v) is 3.72. The molecule has 98 valence electrons. The Hall–Kier alpha value is -2.16. The molecule has 20 heavy (non-hydrogen) atoms. The van der Waals surface area contributed by atoms with Crippen molar-refractivity contribution in [2.45, 2.75) is 0 Å². The number of rotatable bonds is 2. The van der Waals surface area contributed by atoms with E-state index in [1.807, 2.05) is 23.6 Å². The van der Waals surface area contributed by atoms with Gasteiger partial charge < -0.3 is 5.73 Å². The van der Waals surface area contributed by atoms with Crippen LogP contribution in [-0.4, -0.2) is 0 Å². The van der Waals surface area contributed by atoms with Gasteiger partial charge in [-0.15, -0.1) is 22.7 Å². The normalized spacial score (nSPS) is 12.2. The third kappa shape index (κ3) is 2.20. The van der Waals surface area contributed by atoms with E-state index >= 15 is 0 Å². The minimum Gasteiger partial charge on any atom is -0.396 e. The van der Waals surface area contributed by atoms with E-state index in [9.17, 15) is 9.65 Å². The molecule has 0 bridgehead atoms. The van der Waals surface area contributed by atoms with E-state index in [2.05, 4.69) is 6.07 Å². The van der Waals surface area contributed by atoms with Crippen LogP contribution >= 0.6 is 22.7 Å². The Bertz CT molecular complexity index is 839. The van der Waals surface area contributed by atoms with Crippen molar-refractivity contribution in [1.82, 2.24) is 0 Å². The monoisotopic (exact) mass is 300 g/mol. The average molecular weight is 300 g/mol. The molecule has 0 atom stereocenters. The fraction of sp³-hybridized carbons (Fsp3) is 0. The number of fused-ring (bicyclic) bond motifs is 1. The molecule has 0 amide bonds. The smallest absolute Gasteiger partial charge is 0.124 e. The van der Waals surface area contributed by atoms with Crippen molar-refractivity contribution in [3.63, 3.8) is 0 Å². The van der Waals surface area contributed by atoms with E-state index in [1.165, 1.54) is 34.8 Å². The van der Waals surface area contributed by atoms with Gasteiger partial charge in [-0.2, -0.15) is 5.26 Å². The van der Waals surface area contributed by atoms with Crippen LogP contribution in [0.15, 0.2) is 41.8 Å². The molecule has 0 fully saturated rings. The van der Waals surface area contributed by atoms with Gasteiger partial charge in [-0.25, -0.2) is 4.39 Å². The summed E-state index contributed by atoms with van der Waals surface area (Å²) < 4.78 is 14.0. The van der Waals surface area contributed by atoms with E-state index in [0.717, 1.165) is 19.8 Å². The molecule has 1 aromatic carbocycles. The van der Waals surface area contributed by atoms with Gasteiger partial charge in [0, 0.05) is 9.58 Å². The Morgan fingerprint density at radius 3 is 2.75 bits per heavy atom. The topological polar surface area (TPSA) is 49.8 Å². The number of allylic oxidation sites excluding steroid dienone is 1. The van der Waals surface area contributed by atoms with Crippen molar-refractivity contribution >= 4 is 44.0 Å². The summed E-state index contributed by atoms with van der Waals surface area (Å²) in [5.74, 6) is -0.271. The minimum atomic E-state index is -0.271. The number of halogens is 1. The first-order valence-corrected chi connectivity index (χ1v) is 7.52. The van der Waals surface area contributed by atoms with E-state index in [-0.39, 0.29) is 5.82 Å². The standard InChI is InChI=1S/C15H9FN2S2/c16-10-4-3-9-6-14(20-13(9)7-10)15(18)11(8-17)12-2-1-5-19-12/h1-7H,18H2/b15-11-. The van der Waals surface area contributed by atoms with Gasteiger partial charge in [0.1, 0.15) is 11.9 Å². The Labute approximate surface area is 123 Å². The highest BCUT2D eigenvalue weighted by atomic mass is 32.1. The molecule has 2 nitrogen and oxygen atoms in total. The summed E-state index contributed by atoms with van der Waals surface area (Å²) in [5, 5.41) is 12.1. The molecule has 3 aromatic rings. The highest BCUT2D eigenvalue weighted by Gasteiger charge is 2.12. The lowest BCUT2D eigenvalue weighted by Crippen LogP contribution is -1.97. The van der Waals surface area contributed by atoms with Crippen molar-refractivity contribution in [3.05, 3.63) is 57.3 Å². The zero-order valence-electron chi connectivity index (χ0n) is 10.3. The molecule has 2 N–H and O–H groups in total. The third-order valence-electron chi connectivity index (χ3n) is 2.90. The van der Waals surface area contributed by atoms with Crippen molar-refractivity contribution in [2.24, 2.45) is 5.73 Å². The molecule has 5 heteroatoms. The second kappa shape index (κ2) is 5.08. The van der Waals surface area contributed by atoms with Crippen LogP contribution in [0.5, 0.6) is 0 Å². The molecular formula is C15H9FN2S2. The van der Waals surface area contributed by atoms with Crippen molar-refractivity contribution in [3.8, 4) is 6.07 Å². The van der Waals surface area contributed by atoms with Gasteiger partial charge in [-0.05, 0) is 35.0 Å². The highest BCUT2D eigenvalue weighted by molar-refractivity contribution is 7.20. The lowest BCUT2D eigenvalue weighted by atomic mass is 10.1. The van der Waals surface area contributed by atoms with Crippen molar-refractivity contribution in [2.75, 3.05) is 0 Å². The van der Waals surface area contributed by atoms with Crippen LogP contribution in [0.25, 0.3) is 21.4 Å². The zero-order valence-corrected chi connectivity index (χ0v) is 11.9. The summed E-state index contributed by atoms with van der Waals surface area (Å²) in [7, 11) is 0. The summed E-state index contributed by atoms with van der Waals surface area (Å²) in [6.45, 7) is 0. The maximum absolute atomic E-state index is 13.2. The van der Waals surface area contributed by atoms with Gasteiger partial charge in [0.25, 0.3) is 0 Å². The van der Waals surface area contributed by atoms with Crippen LogP contribution in [-0.2, 0) is 0 Å². The molecule has 0 saturated heterocycles. The average Bonchev–Trinajstić information content (AvgIpc) is 3.07. The van der Waals surface area contributed by atoms with Crippen molar-refractivity contribution < 1.29 is 4.39 Å². The third-order valence-corrected chi connectivity index (χ3v) is 4.91. The predicted octanol–water partition coefficient (Wildman–Crippen LogP) is 4.45. The second-order valence-electron chi connectivity index (χ2n) is 4.17. The molecule has 0 saturated carbocycles. The quantitative estimate of drug-likeness (QED) is 0.711. The van der Waals surface area contributed by atoms with Crippen molar-refractivity contribution in [1.29, 1.82) is 5.26 Å². The van der Waals surface area contributed by atoms with Gasteiger partial charge >= 0.3 is 0 Å². The Morgan fingerprint density at radius 1 is 1.20 bits per heavy atom. The van der Waals surface area contributed by atoms with E-state index in [1.54, 1.807) is 6.07 Å². The second-order valence-corrected chi connectivity index (χ2v) is 6.20. The first-order valence-electron chi connectivity index (χ1n) is 5.82. The summed E-state index contributed by atoms with van der Waals surface area (Å²) >= 11 is 2.86. The molecule has 0 aliphatic carbocycles. The van der Waals surface area contributed by atoms with Gasteiger partial charge in [0.2, 0.25) is 0 Å². The molecule has 2 heterocycles. The molecule has 0 aliphatic heterocycles. The number of hydrogen-bond acceptors (Lipinski definition) is 4. The number of hydrogen-bond donors (Lipinski definition) is 1. The molecule has 0 aliphatic rings. The van der Waals surface area contributed by atoms with Gasteiger partial charge in [-0.3, -0.25) is 0 Å². The molecule has 2 aromatic heterocycles. The van der Waals surface area contributed by atoms with E-state index in [4.69, 9.17) is 5.73 Å². The van der Waals surface area contributed by atoms with Crippen LogP contribution < -0.4 is 5.73 Å². The maximum atomic E-state index is 13.2. The predicted molar refractivity (Wildman–Crippen MR) is 82.7 cm³/mol. The number of benzene rings is 1. The van der Waals surface area contributed by atoms with Gasteiger partial charge in [0.05, 0.1) is 16.1 Å². The fourth-order valence-electron chi connectivity index (χ4n) is 1.93. The van der Waals surface area contributed by atoms with Crippen LogP contribution in [0.4, 0.5) is 4.39 Å². The largest absolute Gasteiger partial charge is 0.396 e. The van der Waals surface area contributed by atoms with Crippen LogP contribution in [0, 0.1) is 17.1 Å². The molecule has 0 radical (unpaired) electrons. The summed E-state index contributed by atoms with van der Waals surface area (Å²) in [6.07, 6.45) is 0. The minimum absolute atomic E-state index is 0.271. The van der Waals surface area contributed by atoms with Crippen LogP contribution in [0.1, 0.15) is 9.75 Å². The lowest BCUT2D eigenvalue weighted by Gasteiger charge is -2.00. The summed E-state index contributed by atoms with van der Waals surface area (Å²) in [5.41, 5.74) is 7.03. The molecular weight excluding hydrogens is 291 g/mol. The van der Waals surface area contributed by atoms with Gasteiger partial charge in [0.15, 0.2) is 0 Å². The first-order chi connectivity index (χ1) is 9.69. The molecule has 0 unspecified atom stereocenters. The Balaban J connectivity index is 2.16. The number of nitrogens with zero attached hydrogens (tertiary/aromatic N) is 1. The van der Waals surface area contributed by atoms with Crippen LogP contribution in [0.2, 0.25) is 0 Å². The first kappa shape index (κ1) is 12.9. The highest BCUT2D eigenvalue weighted by Crippen LogP contribution is 2.33. The summed E-state index contributed by atoms with van der Waals surface area (Å²) in [4.78, 5) is 1.63. The molecule has 3 rings (SSSR count). The van der Waals surface area contributed by atoms with E-state index in [0.29, 0.717) is 11.3 Å².